The number of β-amino-alcohol motifs (C(OH)–C–C–N with tert-alkyl or cyclic N) is 1. The van der Waals surface area contributed by atoms with Crippen LogP contribution in [0.5, 0.6) is 5.75 Å². The molecule has 59 heavy (non-hydrogen) atoms. The molecule has 4 fully saturated rings. The van der Waals surface area contributed by atoms with Crippen molar-refractivity contribution in [2.24, 2.45) is 10.8 Å². The topological polar surface area (TPSA) is 184 Å². The number of aromatic hydroxyl groups is 1. The predicted molar refractivity (Wildman–Crippen MR) is 222 cm³/mol. The number of hydrogen-bond donors (Lipinski definition) is 4. The molecule has 4 aliphatic heterocycles. The van der Waals surface area contributed by atoms with Crippen LogP contribution in [-0.4, -0.2) is 131 Å². The van der Waals surface area contributed by atoms with Gasteiger partial charge in [0, 0.05) is 85.1 Å². The summed E-state index contributed by atoms with van der Waals surface area (Å²) in [4.78, 5) is 60.8. The number of benzene rings is 1. The molecule has 5 aliphatic rings. The average Bonchev–Trinajstić information content (AvgIpc) is 3.76. The number of rotatable bonds is 7. The first-order chi connectivity index (χ1) is 28.2. The molecule has 4 N–H and O–H groups in total. The van der Waals surface area contributed by atoms with E-state index < -0.39 is 23.6 Å². The summed E-state index contributed by atoms with van der Waals surface area (Å²) in [5.74, 6) is 0.842. The SMILES string of the molecule is CC(=O)[C@@H]1C[C@@H](O)CN1C(=O)[C@@H](NC(=O)N1CC2(CC(N3CCC(c4cnc(N5CCc6[nH]c7nnc(-c8ccccc8O)cc7c6[C@H]5C)nc4)CC3)C2)C1)C(C)(C)C. The minimum Gasteiger partial charge on any atom is -0.507 e. The second-order valence-electron chi connectivity index (χ2n) is 18.9. The highest BCUT2D eigenvalue weighted by Gasteiger charge is 2.56. The molecule has 1 aliphatic carbocycles. The van der Waals surface area contributed by atoms with E-state index in [9.17, 15) is 24.6 Å². The van der Waals surface area contributed by atoms with Crippen LogP contribution in [0.1, 0.15) is 95.5 Å². The average molecular weight is 805 g/mol. The van der Waals surface area contributed by atoms with Gasteiger partial charge in [0.1, 0.15) is 11.8 Å². The molecule has 312 valence electrons. The molecule has 3 aromatic heterocycles. The largest absolute Gasteiger partial charge is 0.507 e. The van der Waals surface area contributed by atoms with Gasteiger partial charge in [-0.2, -0.15) is 0 Å². The first-order valence-corrected chi connectivity index (χ1v) is 21.2. The summed E-state index contributed by atoms with van der Waals surface area (Å²) in [7, 11) is 0. The number of aromatic nitrogens is 5. The molecule has 4 aromatic rings. The van der Waals surface area contributed by atoms with Crippen LogP contribution in [0.3, 0.4) is 0 Å². The molecule has 7 heterocycles. The van der Waals surface area contributed by atoms with Crippen molar-refractivity contribution in [3.05, 3.63) is 59.5 Å². The Kier molecular flexibility index (Phi) is 9.89. The maximum atomic E-state index is 13.7. The monoisotopic (exact) mass is 804 g/mol. The van der Waals surface area contributed by atoms with E-state index in [4.69, 9.17) is 9.97 Å². The maximum absolute atomic E-state index is 13.7. The summed E-state index contributed by atoms with van der Waals surface area (Å²) in [5.41, 5.74) is 5.10. The van der Waals surface area contributed by atoms with Gasteiger partial charge in [0.25, 0.3) is 0 Å². The number of aromatic amines is 1. The summed E-state index contributed by atoms with van der Waals surface area (Å²) in [6, 6.07) is 8.03. The van der Waals surface area contributed by atoms with Crippen molar-refractivity contribution in [2.45, 2.75) is 109 Å². The van der Waals surface area contributed by atoms with Crippen molar-refractivity contribution >= 4 is 34.7 Å². The van der Waals surface area contributed by atoms with Crippen LogP contribution in [0.25, 0.3) is 22.3 Å². The molecule has 0 radical (unpaired) electrons. The molecule has 3 saturated heterocycles. The number of piperidine rings is 1. The number of carbonyl (C=O) groups is 3. The van der Waals surface area contributed by atoms with Gasteiger partial charge in [-0.25, -0.2) is 14.8 Å². The van der Waals surface area contributed by atoms with Crippen molar-refractivity contribution in [3.8, 4) is 17.0 Å². The molecule has 15 heteroatoms. The first kappa shape index (κ1) is 39.3. The highest BCUT2D eigenvalue weighted by molar-refractivity contribution is 5.93. The minimum absolute atomic E-state index is 0.0212. The third-order valence-corrected chi connectivity index (χ3v) is 13.9. The zero-order chi connectivity index (χ0) is 41.4. The Balaban J connectivity index is 0.763. The van der Waals surface area contributed by atoms with E-state index in [1.807, 2.05) is 56.3 Å². The molecule has 9 rings (SSSR count). The summed E-state index contributed by atoms with van der Waals surface area (Å²) in [6.07, 6.45) is 8.59. The van der Waals surface area contributed by atoms with E-state index in [1.165, 1.54) is 23.0 Å². The normalized spacial score (nSPS) is 24.2. The summed E-state index contributed by atoms with van der Waals surface area (Å²) < 4.78 is 0. The lowest BCUT2D eigenvalue weighted by Crippen LogP contribution is -2.70. The second kappa shape index (κ2) is 14.8. The van der Waals surface area contributed by atoms with E-state index >= 15 is 0 Å². The number of fused-ring (bicyclic) bond motifs is 3. The molecular weight excluding hydrogens is 749 g/mol. The number of hydrogen-bond acceptors (Lipinski definition) is 11. The van der Waals surface area contributed by atoms with Gasteiger partial charge in [0.2, 0.25) is 11.9 Å². The molecule has 3 amide bonds. The number of aliphatic hydroxyl groups excluding tert-OH is 1. The Morgan fingerprint density at radius 1 is 1.02 bits per heavy atom. The summed E-state index contributed by atoms with van der Waals surface area (Å²) >= 11 is 0. The number of amides is 3. The van der Waals surface area contributed by atoms with E-state index in [0.717, 1.165) is 74.4 Å². The second-order valence-corrected chi connectivity index (χ2v) is 18.9. The molecular formula is C44H56N10O5. The van der Waals surface area contributed by atoms with E-state index in [1.54, 1.807) is 12.1 Å². The van der Waals surface area contributed by atoms with Crippen molar-refractivity contribution in [1.82, 2.24) is 45.2 Å². The maximum Gasteiger partial charge on any atom is 0.318 e. The molecule has 4 atom stereocenters. The van der Waals surface area contributed by atoms with Gasteiger partial charge >= 0.3 is 6.03 Å². The Labute approximate surface area is 344 Å². The zero-order valence-corrected chi connectivity index (χ0v) is 34.7. The van der Waals surface area contributed by atoms with Gasteiger partial charge in [-0.05, 0) is 87.7 Å². The molecule has 1 spiro atoms. The van der Waals surface area contributed by atoms with Gasteiger partial charge in [0.05, 0.1) is 23.9 Å². The van der Waals surface area contributed by atoms with Crippen LogP contribution in [-0.2, 0) is 16.0 Å². The van der Waals surface area contributed by atoms with Crippen LogP contribution in [0.2, 0.25) is 0 Å². The van der Waals surface area contributed by atoms with Crippen molar-refractivity contribution in [1.29, 1.82) is 0 Å². The number of urea groups is 1. The van der Waals surface area contributed by atoms with Gasteiger partial charge in [-0.3, -0.25) is 9.59 Å². The van der Waals surface area contributed by atoms with E-state index in [2.05, 4.69) is 37.2 Å². The van der Waals surface area contributed by atoms with Crippen LogP contribution in [0.4, 0.5) is 10.7 Å². The number of H-pyrrole nitrogens is 1. The fraction of sp³-hybridized carbons (Fsp3) is 0.568. The minimum atomic E-state index is -0.806. The third-order valence-electron chi connectivity index (χ3n) is 13.9. The summed E-state index contributed by atoms with van der Waals surface area (Å²) in [6.45, 7) is 13.7. The fourth-order valence-electron chi connectivity index (χ4n) is 10.5. The Hall–Kier alpha value is -5.15. The van der Waals surface area contributed by atoms with Crippen molar-refractivity contribution in [2.75, 3.05) is 44.2 Å². The van der Waals surface area contributed by atoms with Crippen LogP contribution in [0, 0.1) is 10.8 Å². The zero-order valence-electron chi connectivity index (χ0n) is 34.7. The number of Topliss-reactive ketones (excluding diaryl/α,β-unsaturated/α-hetero) is 1. The number of phenols is 1. The fourth-order valence-corrected chi connectivity index (χ4v) is 10.5. The number of nitrogens with zero attached hydrogens (tertiary/aromatic N) is 8. The van der Waals surface area contributed by atoms with Gasteiger partial charge in [-0.15, -0.1) is 10.2 Å². The quantitative estimate of drug-likeness (QED) is 0.205. The van der Waals surface area contributed by atoms with E-state index in [0.29, 0.717) is 36.3 Å². The lowest BCUT2D eigenvalue weighted by Gasteiger charge is -2.61. The smallest absolute Gasteiger partial charge is 0.318 e. The first-order valence-electron chi connectivity index (χ1n) is 21.2. The molecule has 1 aromatic carbocycles. The van der Waals surface area contributed by atoms with E-state index in [-0.39, 0.29) is 47.9 Å². The standard InChI is InChI=1S/C44H56N10O5/c1-25-37-32-17-34(31-8-6-7-9-36(31)57)49-50-39(32)47-33(37)12-15-53(25)41-45-20-28(21-46-41)27-10-13-51(14-11-27)29-18-44(19-29)23-52(24-44)42(59)48-38(43(3,4)5)40(58)54-22-30(56)16-35(54)26(2)55/h6-9,17,20-21,25,27,29-30,35,38,56-57H,10-16,18-19,22-24H2,1-5H3,(H,47,50)(H,48,59)/t25-,30-,35+,38-/m1/s1. The van der Waals surface area contributed by atoms with Crippen molar-refractivity contribution in [3.63, 3.8) is 0 Å². The summed E-state index contributed by atoms with van der Waals surface area (Å²) in [5, 5.41) is 33.5. The molecule has 0 bridgehead atoms. The number of para-hydroxylation sites is 1. The lowest BCUT2D eigenvalue weighted by atomic mass is 9.60. The van der Waals surface area contributed by atoms with Crippen LogP contribution in [0.15, 0.2) is 42.7 Å². The third kappa shape index (κ3) is 7.19. The number of aliphatic hydroxyl groups is 1. The Morgan fingerprint density at radius 3 is 2.41 bits per heavy atom. The number of anilines is 1. The lowest BCUT2D eigenvalue weighted by molar-refractivity contribution is -0.141. The number of nitrogens with one attached hydrogen (secondary N) is 2. The number of ketones is 1. The Bertz CT molecular complexity index is 2250. The number of carbonyl (C=O) groups excluding carboxylic acids is 3. The molecule has 0 unspecified atom stereocenters. The van der Waals surface area contributed by atoms with Crippen LogP contribution >= 0.6 is 0 Å². The number of likely N-dealkylation sites (tertiary alicyclic amines) is 3. The van der Waals surface area contributed by atoms with Crippen LogP contribution < -0.4 is 10.2 Å². The van der Waals surface area contributed by atoms with Gasteiger partial charge in [0.15, 0.2) is 11.4 Å². The number of phenolic OH excluding ortho intramolecular Hbond substituents is 1. The molecule has 1 saturated carbocycles. The van der Waals surface area contributed by atoms with Gasteiger partial charge < -0.3 is 40.1 Å². The highest BCUT2D eigenvalue weighted by atomic mass is 16.3. The highest BCUT2D eigenvalue weighted by Crippen LogP contribution is 2.51. The van der Waals surface area contributed by atoms with Crippen molar-refractivity contribution < 1.29 is 24.6 Å². The molecule has 15 nitrogen and oxygen atoms in total. The van der Waals surface area contributed by atoms with Gasteiger partial charge in [-0.1, -0.05) is 32.9 Å². The predicted octanol–water partition coefficient (Wildman–Crippen LogP) is 4.56. The Morgan fingerprint density at radius 2 is 1.73 bits per heavy atom.